The number of rotatable bonds is 6. The topological polar surface area (TPSA) is 64.4 Å². The summed E-state index contributed by atoms with van der Waals surface area (Å²) >= 11 is 0. The standard InChI is InChI=1S/C10H22N2O2/c1-5-10(2,3)12-9(13)6-8(7-11)14-4/h8H,5-7,11H2,1-4H3,(H,12,13). The Kier molecular flexibility index (Phi) is 5.72. The van der Waals surface area contributed by atoms with E-state index in [1.807, 2.05) is 20.8 Å². The number of hydrogen-bond acceptors (Lipinski definition) is 3. The monoisotopic (exact) mass is 202 g/mol. The summed E-state index contributed by atoms with van der Waals surface area (Å²) in [5.41, 5.74) is 5.27. The van der Waals surface area contributed by atoms with Crippen molar-refractivity contribution in [3.63, 3.8) is 0 Å². The van der Waals surface area contributed by atoms with Crippen LogP contribution >= 0.6 is 0 Å². The predicted octanol–water partition coefficient (Wildman–Crippen LogP) is 0.655. The van der Waals surface area contributed by atoms with Crippen molar-refractivity contribution in [2.24, 2.45) is 5.73 Å². The Labute approximate surface area is 86.2 Å². The van der Waals surface area contributed by atoms with Crippen LogP contribution in [0.25, 0.3) is 0 Å². The van der Waals surface area contributed by atoms with Crippen LogP contribution in [0.4, 0.5) is 0 Å². The number of nitrogens with two attached hydrogens (primary N) is 1. The highest BCUT2D eigenvalue weighted by Crippen LogP contribution is 2.07. The Bertz CT molecular complexity index is 177. The van der Waals surface area contributed by atoms with E-state index in [4.69, 9.17) is 10.5 Å². The highest BCUT2D eigenvalue weighted by Gasteiger charge is 2.19. The van der Waals surface area contributed by atoms with Gasteiger partial charge in [-0.2, -0.15) is 0 Å². The van der Waals surface area contributed by atoms with Crippen LogP contribution in [-0.4, -0.2) is 31.2 Å². The maximum atomic E-state index is 11.5. The fourth-order valence-electron chi connectivity index (χ4n) is 0.987. The SMILES string of the molecule is CCC(C)(C)NC(=O)CC(CN)OC. The van der Waals surface area contributed by atoms with Crippen molar-refractivity contribution < 1.29 is 9.53 Å². The summed E-state index contributed by atoms with van der Waals surface area (Å²) in [4.78, 5) is 11.5. The zero-order valence-corrected chi connectivity index (χ0v) is 9.59. The fraction of sp³-hybridized carbons (Fsp3) is 0.900. The number of ether oxygens (including phenoxy) is 1. The van der Waals surface area contributed by atoms with Gasteiger partial charge >= 0.3 is 0 Å². The average Bonchev–Trinajstić information content (AvgIpc) is 2.13. The Morgan fingerprint density at radius 3 is 2.50 bits per heavy atom. The largest absolute Gasteiger partial charge is 0.380 e. The van der Waals surface area contributed by atoms with E-state index >= 15 is 0 Å². The lowest BCUT2D eigenvalue weighted by Crippen LogP contribution is -2.44. The molecule has 0 aromatic rings. The van der Waals surface area contributed by atoms with Gasteiger partial charge in [-0.05, 0) is 20.3 Å². The molecule has 84 valence electrons. The minimum atomic E-state index is -0.178. The number of carbonyl (C=O) groups excluding carboxylic acids is 1. The molecule has 0 rings (SSSR count). The molecule has 14 heavy (non-hydrogen) atoms. The van der Waals surface area contributed by atoms with Crippen LogP contribution in [0, 0.1) is 0 Å². The van der Waals surface area contributed by atoms with Gasteiger partial charge in [-0.3, -0.25) is 4.79 Å². The van der Waals surface area contributed by atoms with Gasteiger partial charge in [0.15, 0.2) is 0 Å². The number of amides is 1. The van der Waals surface area contributed by atoms with Crippen LogP contribution in [0.2, 0.25) is 0 Å². The molecule has 0 fully saturated rings. The molecule has 1 amide bonds. The van der Waals surface area contributed by atoms with Gasteiger partial charge in [0.25, 0.3) is 0 Å². The van der Waals surface area contributed by atoms with Gasteiger partial charge in [-0.15, -0.1) is 0 Å². The lowest BCUT2D eigenvalue weighted by molar-refractivity contribution is -0.125. The molecule has 0 heterocycles. The summed E-state index contributed by atoms with van der Waals surface area (Å²) < 4.78 is 5.03. The summed E-state index contributed by atoms with van der Waals surface area (Å²) in [5, 5.41) is 2.93. The highest BCUT2D eigenvalue weighted by molar-refractivity contribution is 5.77. The molecule has 1 atom stereocenters. The molecule has 0 bridgehead atoms. The number of hydrogen-bond donors (Lipinski definition) is 2. The van der Waals surface area contributed by atoms with E-state index in [9.17, 15) is 4.79 Å². The third kappa shape index (κ3) is 5.19. The van der Waals surface area contributed by atoms with E-state index in [0.29, 0.717) is 13.0 Å². The van der Waals surface area contributed by atoms with Gasteiger partial charge in [0.2, 0.25) is 5.91 Å². The zero-order valence-electron chi connectivity index (χ0n) is 9.59. The lowest BCUT2D eigenvalue weighted by Gasteiger charge is -2.25. The highest BCUT2D eigenvalue weighted by atomic mass is 16.5. The molecule has 0 radical (unpaired) electrons. The van der Waals surface area contributed by atoms with E-state index in [1.54, 1.807) is 7.11 Å². The summed E-state index contributed by atoms with van der Waals surface area (Å²) in [6, 6.07) is 0. The molecule has 3 N–H and O–H groups in total. The van der Waals surface area contributed by atoms with Gasteiger partial charge in [-0.1, -0.05) is 6.92 Å². The quantitative estimate of drug-likeness (QED) is 0.665. The molecular weight excluding hydrogens is 180 g/mol. The van der Waals surface area contributed by atoms with E-state index in [2.05, 4.69) is 5.32 Å². The molecule has 0 aromatic heterocycles. The second kappa shape index (κ2) is 5.98. The Hall–Kier alpha value is -0.610. The number of carbonyl (C=O) groups is 1. The molecule has 0 spiro atoms. The molecule has 0 aliphatic heterocycles. The van der Waals surface area contributed by atoms with Gasteiger partial charge in [0.05, 0.1) is 12.5 Å². The smallest absolute Gasteiger partial charge is 0.223 e. The maximum Gasteiger partial charge on any atom is 0.223 e. The Balaban J connectivity index is 3.97. The molecule has 0 aliphatic rings. The molecule has 4 heteroatoms. The molecule has 0 aromatic carbocycles. The number of nitrogens with one attached hydrogen (secondary N) is 1. The van der Waals surface area contributed by atoms with Crippen molar-refractivity contribution in [2.75, 3.05) is 13.7 Å². The Morgan fingerprint density at radius 2 is 2.14 bits per heavy atom. The summed E-state index contributed by atoms with van der Waals surface area (Å²) in [7, 11) is 1.57. The fourth-order valence-corrected chi connectivity index (χ4v) is 0.987. The Morgan fingerprint density at radius 1 is 1.57 bits per heavy atom. The molecular formula is C10H22N2O2. The molecule has 1 unspecified atom stereocenters. The van der Waals surface area contributed by atoms with E-state index in [1.165, 1.54) is 0 Å². The van der Waals surface area contributed by atoms with Crippen molar-refractivity contribution in [3.8, 4) is 0 Å². The van der Waals surface area contributed by atoms with Gasteiger partial charge in [-0.25, -0.2) is 0 Å². The van der Waals surface area contributed by atoms with Crippen molar-refractivity contribution in [2.45, 2.75) is 45.3 Å². The lowest BCUT2D eigenvalue weighted by atomic mass is 10.0. The molecule has 0 saturated carbocycles. The van der Waals surface area contributed by atoms with Crippen LogP contribution in [0.15, 0.2) is 0 Å². The third-order valence-corrected chi connectivity index (χ3v) is 2.37. The van der Waals surface area contributed by atoms with Gasteiger partial charge in [0, 0.05) is 19.2 Å². The first-order chi connectivity index (χ1) is 6.45. The van der Waals surface area contributed by atoms with Crippen LogP contribution in [0.5, 0.6) is 0 Å². The first-order valence-electron chi connectivity index (χ1n) is 4.99. The van der Waals surface area contributed by atoms with Crippen LogP contribution in [0.1, 0.15) is 33.6 Å². The van der Waals surface area contributed by atoms with E-state index < -0.39 is 0 Å². The summed E-state index contributed by atoms with van der Waals surface area (Å²) in [6.07, 6.45) is 1.05. The second-order valence-corrected chi connectivity index (χ2v) is 4.08. The predicted molar refractivity (Wildman–Crippen MR) is 57.0 cm³/mol. The molecule has 0 saturated heterocycles. The van der Waals surface area contributed by atoms with E-state index in [0.717, 1.165) is 6.42 Å². The normalized spacial score (nSPS) is 13.8. The third-order valence-electron chi connectivity index (χ3n) is 2.37. The number of methoxy groups -OCH3 is 1. The molecule has 0 aliphatic carbocycles. The average molecular weight is 202 g/mol. The van der Waals surface area contributed by atoms with Crippen LogP contribution in [0.3, 0.4) is 0 Å². The summed E-state index contributed by atoms with van der Waals surface area (Å²) in [6.45, 7) is 6.40. The second-order valence-electron chi connectivity index (χ2n) is 4.08. The minimum absolute atomic E-state index is 0.00542. The van der Waals surface area contributed by atoms with Crippen molar-refractivity contribution in [1.29, 1.82) is 0 Å². The first kappa shape index (κ1) is 13.4. The van der Waals surface area contributed by atoms with E-state index in [-0.39, 0.29) is 17.6 Å². The zero-order chi connectivity index (χ0) is 11.2. The van der Waals surface area contributed by atoms with Crippen LogP contribution in [-0.2, 0) is 9.53 Å². The molecule has 4 nitrogen and oxygen atoms in total. The first-order valence-corrected chi connectivity index (χ1v) is 4.99. The van der Waals surface area contributed by atoms with Gasteiger partial charge in [0.1, 0.15) is 0 Å². The summed E-state index contributed by atoms with van der Waals surface area (Å²) in [5.74, 6) is -0.00542. The van der Waals surface area contributed by atoms with Crippen molar-refractivity contribution >= 4 is 5.91 Å². The van der Waals surface area contributed by atoms with Crippen molar-refractivity contribution in [3.05, 3.63) is 0 Å². The van der Waals surface area contributed by atoms with Crippen molar-refractivity contribution in [1.82, 2.24) is 5.32 Å². The minimum Gasteiger partial charge on any atom is -0.380 e. The maximum absolute atomic E-state index is 11.5. The van der Waals surface area contributed by atoms with Crippen LogP contribution < -0.4 is 11.1 Å². The van der Waals surface area contributed by atoms with Gasteiger partial charge < -0.3 is 15.8 Å².